The second-order valence-electron chi connectivity index (χ2n) is 8.95. The van der Waals surface area contributed by atoms with Crippen LogP contribution in [0.1, 0.15) is 47.2 Å². The van der Waals surface area contributed by atoms with Crippen LogP contribution in [0.4, 0.5) is 52.7 Å². The molecule has 16 heteroatoms. The molecular weight excluding hydrogens is 580 g/mol. The van der Waals surface area contributed by atoms with E-state index in [9.17, 15) is 52.7 Å². The Kier molecular flexibility index (Phi) is 10.2. The molecule has 1 unspecified atom stereocenters. The van der Waals surface area contributed by atoms with E-state index < -0.39 is 77.1 Å². The lowest BCUT2D eigenvalue weighted by atomic mass is 10.0. The molecule has 1 heterocycles. The smallest absolute Gasteiger partial charge is 0.394 e. The van der Waals surface area contributed by atoms with Crippen LogP contribution in [0.2, 0.25) is 0 Å². The lowest BCUT2D eigenvalue weighted by Gasteiger charge is -2.16. The van der Waals surface area contributed by atoms with Crippen LogP contribution >= 0.6 is 0 Å². The van der Waals surface area contributed by atoms with E-state index in [4.69, 9.17) is 19.3 Å². The largest absolute Gasteiger partial charge is 0.416 e. The van der Waals surface area contributed by atoms with Crippen LogP contribution in [-0.2, 0) is 52.1 Å². The molecule has 0 aliphatic carbocycles. The minimum absolute atomic E-state index is 0.0451. The van der Waals surface area contributed by atoms with Crippen molar-refractivity contribution in [3.8, 4) is 0 Å². The van der Waals surface area contributed by atoms with Crippen molar-refractivity contribution in [2.24, 2.45) is 0 Å². The Morgan fingerprint density at radius 3 is 1.20 bits per heavy atom. The summed E-state index contributed by atoms with van der Waals surface area (Å²) in [5, 5.41) is 8.59. The third-order valence-corrected chi connectivity index (χ3v) is 5.10. The van der Waals surface area contributed by atoms with Crippen molar-refractivity contribution in [1.82, 2.24) is 0 Å². The van der Waals surface area contributed by atoms with Gasteiger partial charge in [0.15, 0.2) is 5.79 Å². The summed E-state index contributed by atoms with van der Waals surface area (Å²) >= 11 is 0. The Hall–Kier alpha value is -2.56. The molecule has 1 N–H and O–H groups in total. The zero-order chi connectivity index (χ0) is 30.7. The average molecular weight is 602 g/mol. The van der Waals surface area contributed by atoms with Gasteiger partial charge in [-0.25, -0.2) is 0 Å². The molecule has 1 saturated heterocycles. The summed E-state index contributed by atoms with van der Waals surface area (Å²) in [6.07, 6.45) is -20.6. The van der Waals surface area contributed by atoms with Crippen LogP contribution < -0.4 is 0 Å². The molecule has 226 valence electrons. The van der Waals surface area contributed by atoms with E-state index in [0.29, 0.717) is 30.9 Å². The van der Waals surface area contributed by atoms with Gasteiger partial charge in [-0.05, 0) is 61.4 Å². The zero-order valence-electron chi connectivity index (χ0n) is 20.6. The highest BCUT2D eigenvalue weighted by molar-refractivity contribution is 5.34. The number of benzene rings is 2. The standard InChI is InChI=1S/C18H10F12O.C6H12O3/c19-15(20,21)11-1-9(2-12(5-11)16(22,23)24)7-31-8-10-3-13(17(25,26)27)6-14(4-10)18(28,29)30;1-6(2)8-4-5(3-7)9-6/h1-6H,7-8H2;5,7H,3-4H2,1-2H3. The van der Waals surface area contributed by atoms with Crippen molar-refractivity contribution in [2.45, 2.75) is 63.7 Å². The molecule has 0 bridgehead atoms. The third kappa shape index (κ3) is 10.1. The predicted octanol–water partition coefficient (Wildman–Crippen LogP) is 7.61. The van der Waals surface area contributed by atoms with Gasteiger partial charge in [0.1, 0.15) is 6.10 Å². The van der Waals surface area contributed by atoms with E-state index in [1.54, 1.807) is 0 Å². The molecule has 4 nitrogen and oxygen atoms in total. The van der Waals surface area contributed by atoms with Crippen molar-refractivity contribution in [2.75, 3.05) is 13.2 Å². The first-order valence-corrected chi connectivity index (χ1v) is 11.1. The van der Waals surface area contributed by atoms with Crippen molar-refractivity contribution < 1.29 is 72.0 Å². The van der Waals surface area contributed by atoms with Gasteiger partial charge in [0.25, 0.3) is 0 Å². The minimum atomic E-state index is -5.13. The Morgan fingerprint density at radius 2 is 1.00 bits per heavy atom. The molecule has 2 aromatic rings. The van der Waals surface area contributed by atoms with Crippen LogP contribution in [0, 0.1) is 0 Å². The normalized spacial score (nSPS) is 17.9. The van der Waals surface area contributed by atoms with Gasteiger partial charge in [0.05, 0.1) is 48.7 Å². The monoisotopic (exact) mass is 602 g/mol. The van der Waals surface area contributed by atoms with Crippen molar-refractivity contribution in [1.29, 1.82) is 0 Å². The van der Waals surface area contributed by atoms with E-state index in [0.717, 1.165) is 0 Å². The first-order chi connectivity index (χ1) is 18.0. The molecule has 1 atom stereocenters. The molecule has 0 saturated carbocycles. The van der Waals surface area contributed by atoms with Crippen LogP contribution in [-0.4, -0.2) is 30.2 Å². The third-order valence-electron chi connectivity index (χ3n) is 5.10. The molecule has 3 rings (SSSR count). The van der Waals surface area contributed by atoms with Crippen LogP contribution in [0.15, 0.2) is 36.4 Å². The summed E-state index contributed by atoms with van der Waals surface area (Å²) in [5.74, 6) is -0.493. The number of aliphatic hydroxyl groups excluding tert-OH is 1. The van der Waals surface area contributed by atoms with Gasteiger partial charge in [0, 0.05) is 0 Å². The summed E-state index contributed by atoms with van der Waals surface area (Å²) in [5.41, 5.74) is -7.80. The number of alkyl halides is 12. The van der Waals surface area contributed by atoms with E-state index in [-0.39, 0.29) is 24.8 Å². The summed E-state index contributed by atoms with van der Waals surface area (Å²) in [6, 6.07) is 1.08. The molecule has 40 heavy (non-hydrogen) atoms. The maximum Gasteiger partial charge on any atom is 0.416 e. The summed E-state index contributed by atoms with van der Waals surface area (Å²) in [6.45, 7) is 2.37. The molecule has 1 aliphatic heterocycles. The molecule has 0 radical (unpaired) electrons. The highest BCUT2D eigenvalue weighted by atomic mass is 19.4. The first kappa shape index (κ1) is 33.6. The molecule has 2 aromatic carbocycles. The SMILES string of the molecule is CC1(C)OCC(CO)O1.FC(F)(F)c1cc(COCc2cc(C(F)(F)F)cc(C(F)(F)F)c2)cc(C(F)(F)F)c1. The topological polar surface area (TPSA) is 47.9 Å². The molecule has 0 amide bonds. The van der Waals surface area contributed by atoms with Gasteiger partial charge >= 0.3 is 24.7 Å². The van der Waals surface area contributed by atoms with E-state index in [2.05, 4.69) is 0 Å². The van der Waals surface area contributed by atoms with Crippen LogP contribution in [0.25, 0.3) is 0 Å². The van der Waals surface area contributed by atoms with Crippen molar-refractivity contribution >= 4 is 0 Å². The van der Waals surface area contributed by atoms with E-state index in [1.807, 2.05) is 13.8 Å². The second-order valence-corrected chi connectivity index (χ2v) is 8.95. The lowest BCUT2D eigenvalue weighted by molar-refractivity contribution is -0.144. The summed E-state index contributed by atoms with van der Waals surface area (Å²) in [7, 11) is 0. The van der Waals surface area contributed by atoms with Gasteiger partial charge in [-0.15, -0.1) is 0 Å². The summed E-state index contributed by atoms with van der Waals surface area (Å²) < 4.78 is 169. The van der Waals surface area contributed by atoms with Gasteiger partial charge in [-0.3, -0.25) is 0 Å². The molecule has 0 aromatic heterocycles. The number of rotatable bonds is 5. The van der Waals surface area contributed by atoms with E-state index >= 15 is 0 Å². The molecular formula is C24H22F12O4. The molecule has 1 fully saturated rings. The van der Waals surface area contributed by atoms with Crippen molar-refractivity contribution in [3.63, 3.8) is 0 Å². The number of hydrogen-bond acceptors (Lipinski definition) is 4. The number of aliphatic hydroxyl groups is 1. The van der Waals surface area contributed by atoms with Gasteiger partial charge in [-0.1, -0.05) is 0 Å². The second kappa shape index (κ2) is 12.1. The Labute approximate surface area is 219 Å². The fourth-order valence-corrected chi connectivity index (χ4v) is 3.35. The number of ether oxygens (including phenoxy) is 3. The lowest BCUT2D eigenvalue weighted by Crippen LogP contribution is -2.22. The van der Waals surface area contributed by atoms with Crippen molar-refractivity contribution in [3.05, 3.63) is 69.8 Å². The summed E-state index contributed by atoms with van der Waals surface area (Å²) in [4.78, 5) is 0. The maximum absolute atomic E-state index is 12.8. The molecule has 1 aliphatic rings. The van der Waals surface area contributed by atoms with E-state index in [1.165, 1.54) is 0 Å². The van der Waals surface area contributed by atoms with Crippen LogP contribution in [0.5, 0.6) is 0 Å². The number of hydrogen-bond donors (Lipinski definition) is 1. The highest BCUT2D eigenvalue weighted by Crippen LogP contribution is 2.38. The Morgan fingerprint density at radius 1 is 0.675 bits per heavy atom. The highest BCUT2D eigenvalue weighted by Gasteiger charge is 2.38. The zero-order valence-corrected chi connectivity index (χ0v) is 20.6. The van der Waals surface area contributed by atoms with Gasteiger partial charge in [0.2, 0.25) is 0 Å². The maximum atomic E-state index is 12.8. The molecule has 0 spiro atoms. The average Bonchev–Trinajstić information content (AvgIpc) is 3.16. The fourth-order valence-electron chi connectivity index (χ4n) is 3.35. The quantitative estimate of drug-likeness (QED) is 0.358. The van der Waals surface area contributed by atoms with Crippen LogP contribution in [0.3, 0.4) is 0 Å². The number of halogens is 12. The van der Waals surface area contributed by atoms with Gasteiger partial charge in [-0.2, -0.15) is 52.7 Å². The predicted molar refractivity (Wildman–Crippen MR) is 113 cm³/mol. The fraction of sp³-hybridized carbons (Fsp3) is 0.500. The minimum Gasteiger partial charge on any atom is -0.394 e. The van der Waals surface area contributed by atoms with Gasteiger partial charge < -0.3 is 19.3 Å². The first-order valence-electron chi connectivity index (χ1n) is 11.1. The Bertz CT molecular complexity index is 995. The Balaban J connectivity index is 0.000000526.